The zero-order valence-electron chi connectivity index (χ0n) is 23.8. The molecule has 0 radical (unpaired) electrons. The van der Waals surface area contributed by atoms with Crippen molar-refractivity contribution < 1.29 is 0 Å². The van der Waals surface area contributed by atoms with E-state index in [-0.39, 0.29) is 0 Å². The van der Waals surface area contributed by atoms with Gasteiger partial charge < -0.3 is 5.73 Å². The molecular formula is C37H30N6. The SMILES string of the molecule is Cc1cc(C(/C=C(\N)c2ccccn2)=C/Cc2ccccn2)cc(-c2cc(-c3ccccn3)nc(-c3ccccn3)c2)c1. The Bertz CT molecular complexity index is 1830. The lowest BCUT2D eigenvalue weighted by molar-refractivity contribution is 1.11. The lowest BCUT2D eigenvalue weighted by Gasteiger charge is -2.13. The number of pyridine rings is 5. The van der Waals surface area contributed by atoms with Crippen LogP contribution in [-0.4, -0.2) is 24.9 Å². The first-order valence-corrected chi connectivity index (χ1v) is 14.1. The first-order valence-electron chi connectivity index (χ1n) is 14.1. The molecule has 5 aromatic heterocycles. The molecule has 1 aromatic carbocycles. The van der Waals surface area contributed by atoms with Crippen LogP contribution >= 0.6 is 0 Å². The van der Waals surface area contributed by atoms with Crippen molar-refractivity contribution in [3.05, 3.63) is 163 Å². The monoisotopic (exact) mass is 558 g/mol. The Balaban J connectivity index is 1.48. The van der Waals surface area contributed by atoms with Crippen molar-refractivity contribution in [3.63, 3.8) is 0 Å². The third kappa shape index (κ3) is 6.77. The summed E-state index contributed by atoms with van der Waals surface area (Å²) in [5.74, 6) is 0. The molecule has 208 valence electrons. The minimum absolute atomic E-state index is 0.592. The minimum Gasteiger partial charge on any atom is -0.397 e. The smallest absolute Gasteiger partial charge is 0.0900 e. The van der Waals surface area contributed by atoms with Crippen molar-refractivity contribution in [1.82, 2.24) is 24.9 Å². The maximum Gasteiger partial charge on any atom is 0.0900 e. The van der Waals surface area contributed by atoms with Crippen molar-refractivity contribution in [3.8, 4) is 33.9 Å². The quantitative estimate of drug-likeness (QED) is 0.194. The van der Waals surface area contributed by atoms with E-state index < -0.39 is 0 Å². The van der Waals surface area contributed by atoms with Crippen molar-refractivity contribution in [2.45, 2.75) is 13.3 Å². The molecule has 0 amide bonds. The Morgan fingerprint density at radius 3 is 1.81 bits per heavy atom. The fourth-order valence-electron chi connectivity index (χ4n) is 4.87. The van der Waals surface area contributed by atoms with Gasteiger partial charge in [0.25, 0.3) is 0 Å². The van der Waals surface area contributed by atoms with E-state index >= 15 is 0 Å². The van der Waals surface area contributed by atoms with Gasteiger partial charge in [-0.25, -0.2) is 4.98 Å². The molecule has 6 nitrogen and oxygen atoms in total. The topological polar surface area (TPSA) is 90.5 Å². The summed E-state index contributed by atoms with van der Waals surface area (Å²) in [6, 6.07) is 34.1. The highest BCUT2D eigenvalue weighted by atomic mass is 14.8. The standard InChI is InChI=1S/C37H30N6/c1-26-20-28(27(14-15-31-10-2-6-16-39-31)23-32(38)33-11-3-7-17-40-33)22-29(21-26)30-24-36(34-12-4-8-18-41-34)43-37(25-30)35-13-5-9-19-42-35/h2-14,16-25H,15,38H2,1H3/b27-14+,32-23-. The Morgan fingerprint density at radius 1 is 0.628 bits per heavy atom. The summed E-state index contributed by atoms with van der Waals surface area (Å²) in [5.41, 5.74) is 17.3. The molecule has 2 N–H and O–H groups in total. The fourth-order valence-corrected chi connectivity index (χ4v) is 4.87. The molecule has 43 heavy (non-hydrogen) atoms. The third-order valence-electron chi connectivity index (χ3n) is 6.95. The summed E-state index contributed by atoms with van der Waals surface area (Å²) in [5, 5.41) is 0. The largest absolute Gasteiger partial charge is 0.397 e. The highest BCUT2D eigenvalue weighted by Gasteiger charge is 2.13. The van der Waals surface area contributed by atoms with Crippen molar-refractivity contribution in [2.75, 3.05) is 0 Å². The van der Waals surface area contributed by atoms with E-state index in [1.165, 1.54) is 0 Å². The normalized spacial score (nSPS) is 11.8. The number of allylic oxidation sites excluding steroid dienone is 3. The van der Waals surface area contributed by atoms with Gasteiger partial charge in [-0.1, -0.05) is 42.5 Å². The minimum atomic E-state index is 0.592. The van der Waals surface area contributed by atoms with Crippen molar-refractivity contribution in [1.29, 1.82) is 0 Å². The molecule has 0 aliphatic carbocycles. The average Bonchev–Trinajstić information content (AvgIpc) is 3.07. The van der Waals surface area contributed by atoms with Crippen LogP contribution in [0.2, 0.25) is 0 Å². The molecule has 0 unspecified atom stereocenters. The molecule has 6 rings (SSSR count). The molecule has 5 heterocycles. The van der Waals surface area contributed by atoms with Gasteiger partial charge in [-0.2, -0.15) is 0 Å². The lowest BCUT2D eigenvalue weighted by Crippen LogP contribution is -2.00. The second-order valence-corrected chi connectivity index (χ2v) is 10.1. The second kappa shape index (κ2) is 12.8. The van der Waals surface area contributed by atoms with Crippen LogP contribution in [0.4, 0.5) is 0 Å². The van der Waals surface area contributed by atoms with Crippen molar-refractivity contribution >= 4 is 11.3 Å². The van der Waals surface area contributed by atoms with Crippen LogP contribution in [0.25, 0.3) is 45.2 Å². The zero-order chi connectivity index (χ0) is 29.4. The van der Waals surface area contributed by atoms with Gasteiger partial charge in [-0.05, 0) is 108 Å². The fraction of sp³-hybridized carbons (Fsp3) is 0.0541. The molecule has 0 saturated carbocycles. The maximum atomic E-state index is 6.58. The van der Waals surface area contributed by atoms with Crippen molar-refractivity contribution in [2.24, 2.45) is 5.73 Å². The zero-order valence-corrected chi connectivity index (χ0v) is 23.8. The van der Waals surface area contributed by atoms with E-state index in [2.05, 4.69) is 63.3 Å². The summed E-state index contributed by atoms with van der Waals surface area (Å²) < 4.78 is 0. The lowest BCUT2D eigenvalue weighted by atomic mass is 9.94. The molecule has 0 saturated heterocycles. The number of aryl methyl sites for hydroxylation is 1. The van der Waals surface area contributed by atoms with E-state index in [1.807, 2.05) is 85.1 Å². The molecule has 0 fully saturated rings. The highest BCUT2D eigenvalue weighted by Crippen LogP contribution is 2.32. The van der Waals surface area contributed by atoms with Crippen LogP contribution in [0.3, 0.4) is 0 Å². The molecule has 0 bridgehead atoms. The summed E-state index contributed by atoms with van der Waals surface area (Å²) in [6.45, 7) is 2.11. The molecule has 0 atom stereocenters. The van der Waals surface area contributed by atoms with Gasteiger partial charge >= 0.3 is 0 Å². The van der Waals surface area contributed by atoms with E-state index in [0.29, 0.717) is 12.1 Å². The predicted octanol–water partition coefficient (Wildman–Crippen LogP) is 7.60. The second-order valence-electron chi connectivity index (χ2n) is 10.1. The third-order valence-corrected chi connectivity index (χ3v) is 6.95. The van der Waals surface area contributed by atoms with Gasteiger partial charge in [0.2, 0.25) is 0 Å². The maximum absolute atomic E-state index is 6.58. The Hall–Kier alpha value is -5.75. The first kappa shape index (κ1) is 27.4. The van der Waals surface area contributed by atoms with E-state index in [9.17, 15) is 0 Å². The number of aromatic nitrogens is 5. The summed E-state index contributed by atoms with van der Waals surface area (Å²) in [4.78, 5) is 23.0. The Labute approximate surface area is 251 Å². The van der Waals surface area contributed by atoms with Crippen LogP contribution in [0.1, 0.15) is 22.5 Å². The van der Waals surface area contributed by atoms with Gasteiger partial charge in [0.15, 0.2) is 0 Å². The van der Waals surface area contributed by atoms with Gasteiger partial charge in [0.05, 0.1) is 34.2 Å². The molecule has 6 heteroatoms. The molecule has 0 spiro atoms. The first-order chi connectivity index (χ1) is 21.1. The Morgan fingerprint density at radius 2 is 1.23 bits per heavy atom. The number of benzene rings is 1. The van der Waals surface area contributed by atoms with E-state index in [4.69, 9.17) is 10.7 Å². The molecule has 0 aliphatic heterocycles. The predicted molar refractivity (Wildman–Crippen MR) is 173 cm³/mol. The molecule has 6 aromatic rings. The van der Waals surface area contributed by atoms with Crippen LogP contribution in [0.5, 0.6) is 0 Å². The molecule has 0 aliphatic rings. The van der Waals surface area contributed by atoms with Gasteiger partial charge in [-0.15, -0.1) is 0 Å². The highest BCUT2D eigenvalue weighted by molar-refractivity contribution is 5.85. The number of nitrogens with two attached hydrogens (primary N) is 1. The van der Waals surface area contributed by atoms with Crippen LogP contribution < -0.4 is 5.73 Å². The number of hydrogen-bond acceptors (Lipinski definition) is 6. The van der Waals surface area contributed by atoms with Crippen LogP contribution in [-0.2, 0) is 6.42 Å². The number of rotatable bonds is 8. The van der Waals surface area contributed by atoms with Gasteiger partial charge in [0.1, 0.15) is 0 Å². The van der Waals surface area contributed by atoms with Crippen LogP contribution in [0, 0.1) is 6.92 Å². The van der Waals surface area contributed by atoms with Gasteiger partial charge in [0, 0.05) is 36.9 Å². The van der Waals surface area contributed by atoms with E-state index in [1.54, 1.807) is 18.6 Å². The van der Waals surface area contributed by atoms with Gasteiger partial charge in [-0.3, -0.25) is 19.9 Å². The summed E-state index contributed by atoms with van der Waals surface area (Å²) in [6.07, 6.45) is 12.0. The Kier molecular flexibility index (Phi) is 8.18. The number of nitrogens with zero attached hydrogens (tertiary/aromatic N) is 5. The molecular weight excluding hydrogens is 528 g/mol. The average molecular weight is 559 g/mol. The summed E-state index contributed by atoms with van der Waals surface area (Å²) in [7, 11) is 0. The van der Waals surface area contributed by atoms with Crippen LogP contribution in [0.15, 0.2) is 140 Å². The summed E-state index contributed by atoms with van der Waals surface area (Å²) >= 11 is 0. The van der Waals surface area contributed by atoms with E-state index in [0.717, 1.165) is 62.0 Å². The number of hydrogen-bond donors (Lipinski definition) is 1.